The van der Waals surface area contributed by atoms with Gasteiger partial charge in [0.25, 0.3) is 0 Å². The maximum absolute atomic E-state index is 14.6. The van der Waals surface area contributed by atoms with Crippen molar-refractivity contribution in [3.63, 3.8) is 0 Å². The van der Waals surface area contributed by atoms with Crippen LogP contribution in [0.15, 0.2) is 11.6 Å². The molecule has 0 spiro atoms. The Morgan fingerprint density at radius 1 is 1.28 bits per heavy atom. The van der Waals surface area contributed by atoms with Crippen LogP contribution in [-0.4, -0.2) is 110 Å². The zero-order chi connectivity index (χ0) is 28.4. The molecule has 0 aromatic heterocycles. The lowest BCUT2D eigenvalue weighted by Crippen LogP contribution is -2.61. The van der Waals surface area contributed by atoms with Gasteiger partial charge in [-0.3, -0.25) is 9.69 Å². The molecule has 3 aliphatic rings. The molecule has 0 saturated carbocycles. The monoisotopic (exact) mass is 553 g/mol. The average Bonchev–Trinajstić information content (AvgIpc) is 2.88. The van der Waals surface area contributed by atoms with E-state index in [-0.39, 0.29) is 24.2 Å². The van der Waals surface area contributed by atoms with Gasteiger partial charge in [-0.2, -0.15) is 0 Å². The van der Waals surface area contributed by atoms with Crippen LogP contribution in [0.5, 0.6) is 0 Å². The molecule has 0 bridgehead atoms. The highest BCUT2D eigenvalue weighted by atomic mass is 19.1. The standard InChI is InChI=1S/C29H53FN6O3/c1-5-12-36(16-21(30)7-3)25(14-20(4)6-2)27(28(31)32)29(37)34-24-15-33-11-10-26(24)39-23-9-8-13-35(17-23)22-18-38-19-22/h14,16,21-28,33H,5-13,15,17-19,31-32H2,1-4H3/p+1. The topological polar surface area (TPSA) is 118 Å². The van der Waals surface area contributed by atoms with Gasteiger partial charge in [0.15, 0.2) is 18.4 Å². The van der Waals surface area contributed by atoms with Gasteiger partial charge in [-0.15, -0.1) is 0 Å². The number of carbonyl (C=O) groups is 1. The van der Waals surface area contributed by atoms with Crippen molar-refractivity contribution < 1.29 is 23.2 Å². The molecule has 39 heavy (non-hydrogen) atoms. The normalized spacial score (nSPS) is 28.2. The molecule has 1 amide bonds. The zero-order valence-electron chi connectivity index (χ0n) is 24.6. The van der Waals surface area contributed by atoms with Crippen LogP contribution in [0, 0.1) is 5.92 Å². The minimum atomic E-state index is -1.10. The molecule has 10 heteroatoms. The summed E-state index contributed by atoms with van der Waals surface area (Å²) in [5, 5.41) is 6.65. The molecule has 3 fully saturated rings. The van der Waals surface area contributed by atoms with Gasteiger partial charge in [-0.25, -0.2) is 8.97 Å². The first-order valence-electron chi connectivity index (χ1n) is 15.2. The average molecular weight is 554 g/mol. The summed E-state index contributed by atoms with van der Waals surface area (Å²) in [7, 11) is 0. The van der Waals surface area contributed by atoms with Crippen LogP contribution in [0.3, 0.4) is 0 Å². The second-order valence-electron chi connectivity index (χ2n) is 11.5. The van der Waals surface area contributed by atoms with Gasteiger partial charge in [0.1, 0.15) is 12.5 Å². The highest BCUT2D eigenvalue weighted by Crippen LogP contribution is 2.23. The summed E-state index contributed by atoms with van der Waals surface area (Å²) in [6, 6.07) is -0.134. The van der Waals surface area contributed by atoms with Crippen molar-refractivity contribution in [1.82, 2.24) is 15.5 Å². The fourth-order valence-corrected chi connectivity index (χ4v) is 5.78. The smallest absolute Gasteiger partial charge is 0.233 e. The molecule has 9 nitrogen and oxygen atoms in total. The van der Waals surface area contributed by atoms with Crippen LogP contribution >= 0.6 is 0 Å². The number of alkyl halides is 1. The van der Waals surface area contributed by atoms with Crippen molar-refractivity contribution in [3.8, 4) is 0 Å². The summed E-state index contributed by atoms with van der Waals surface area (Å²) in [5.74, 6) is -0.958. The number of nitrogens with two attached hydrogens (primary N) is 2. The van der Waals surface area contributed by atoms with Crippen LogP contribution in [0.2, 0.25) is 0 Å². The Morgan fingerprint density at radius 3 is 2.67 bits per heavy atom. The van der Waals surface area contributed by atoms with E-state index in [0.717, 1.165) is 70.5 Å². The van der Waals surface area contributed by atoms with E-state index in [1.54, 1.807) is 6.21 Å². The molecule has 6 atom stereocenters. The van der Waals surface area contributed by atoms with E-state index in [4.69, 9.17) is 20.9 Å². The second-order valence-corrected chi connectivity index (χ2v) is 11.5. The minimum absolute atomic E-state index is 0.0903. The number of halogens is 1. The van der Waals surface area contributed by atoms with E-state index in [1.807, 2.05) is 31.4 Å². The SMILES string of the molecule is CCC[N+](=CC(F)CC)C(C=C(C)CC)C(C(=O)NC1CNCCC1OC1CCCN(C2COC2)C1)C(N)N. The number of rotatable bonds is 14. The maximum Gasteiger partial charge on any atom is 0.233 e. The Hall–Kier alpha value is -1.43. The summed E-state index contributed by atoms with van der Waals surface area (Å²) in [5.41, 5.74) is 13.7. The van der Waals surface area contributed by atoms with Gasteiger partial charge in [-0.1, -0.05) is 26.3 Å². The van der Waals surface area contributed by atoms with E-state index in [0.29, 0.717) is 25.6 Å². The van der Waals surface area contributed by atoms with Crippen molar-refractivity contribution in [1.29, 1.82) is 0 Å². The highest BCUT2D eigenvalue weighted by Gasteiger charge is 2.41. The number of carbonyl (C=O) groups excluding carboxylic acids is 1. The molecule has 3 heterocycles. The molecule has 3 rings (SSSR count). The molecule has 0 radical (unpaired) electrons. The van der Waals surface area contributed by atoms with Crippen LogP contribution in [0.25, 0.3) is 0 Å². The van der Waals surface area contributed by atoms with Crippen LogP contribution < -0.4 is 22.1 Å². The molecule has 0 aliphatic carbocycles. The number of hydrogen-bond donors (Lipinski definition) is 4. The fourth-order valence-electron chi connectivity index (χ4n) is 5.78. The molecule has 6 unspecified atom stereocenters. The molecule has 0 aromatic carbocycles. The molecule has 3 saturated heterocycles. The predicted molar refractivity (Wildman–Crippen MR) is 154 cm³/mol. The quantitative estimate of drug-likeness (QED) is 0.112. The maximum atomic E-state index is 14.6. The third-order valence-electron chi connectivity index (χ3n) is 8.37. The first-order valence-corrected chi connectivity index (χ1v) is 15.2. The molecule has 6 N–H and O–H groups in total. The van der Waals surface area contributed by atoms with Crippen LogP contribution in [0.1, 0.15) is 66.2 Å². The third-order valence-corrected chi connectivity index (χ3v) is 8.37. The second kappa shape index (κ2) is 16.1. The number of piperidine rings is 2. The van der Waals surface area contributed by atoms with Gasteiger partial charge < -0.3 is 31.6 Å². The molecule has 224 valence electrons. The summed E-state index contributed by atoms with van der Waals surface area (Å²) in [6.45, 7) is 13.6. The number of nitrogens with zero attached hydrogens (tertiary/aromatic N) is 2. The van der Waals surface area contributed by atoms with Gasteiger partial charge >= 0.3 is 0 Å². The summed E-state index contributed by atoms with van der Waals surface area (Å²) in [4.78, 5) is 16.4. The molecule has 3 aliphatic heterocycles. The number of ether oxygens (including phenoxy) is 2. The Bertz CT molecular complexity index is 821. The van der Waals surface area contributed by atoms with E-state index >= 15 is 0 Å². The number of nitrogens with one attached hydrogen (secondary N) is 2. The highest BCUT2D eigenvalue weighted by molar-refractivity contribution is 5.80. The Morgan fingerprint density at radius 2 is 2.05 bits per heavy atom. The molecular weight excluding hydrogens is 499 g/mol. The van der Waals surface area contributed by atoms with Crippen molar-refractivity contribution >= 4 is 12.1 Å². The first kappa shape index (κ1) is 32.1. The number of hydrogen-bond acceptors (Lipinski definition) is 7. The molecule has 0 aromatic rings. The Labute approximate surface area is 234 Å². The summed E-state index contributed by atoms with van der Waals surface area (Å²) < 4.78 is 28.6. The van der Waals surface area contributed by atoms with E-state index in [9.17, 15) is 9.18 Å². The largest absolute Gasteiger partial charge is 0.378 e. The van der Waals surface area contributed by atoms with Crippen molar-refractivity contribution in [2.24, 2.45) is 17.4 Å². The fraction of sp³-hybridized carbons (Fsp3) is 0.862. The lowest BCUT2D eigenvalue weighted by molar-refractivity contribution is -0.558. The van der Waals surface area contributed by atoms with E-state index in [1.165, 1.54) is 0 Å². The molecular formula is C29H54FN6O3+. The number of likely N-dealkylation sites (tertiary alicyclic amines) is 1. The van der Waals surface area contributed by atoms with Crippen molar-refractivity contribution in [2.75, 3.05) is 45.9 Å². The van der Waals surface area contributed by atoms with E-state index < -0.39 is 24.3 Å². The van der Waals surface area contributed by atoms with Crippen LogP contribution in [-0.2, 0) is 14.3 Å². The summed E-state index contributed by atoms with van der Waals surface area (Å²) in [6.07, 6.45) is 6.64. The van der Waals surface area contributed by atoms with E-state index in [2.05, 4.69) is 22.5 Å². The predicted octanol–water partition coefficient (Wildman–Crippen LogP) is 1.54. The van der Waals surface area contributed by atoms with Crippen molar-refractivity contribution in [2.45, 2.75) is 109 Å². The van der Waals surface area contributed by atoms with Gasteiger partial charge in [0.05, 0.1) is 43.7 Å². The number of allylic oxidation sites excluding steroid dienone is 1. The zero-order valence-corrected chi connectivity index (χ0v) is 24.6. The summed E-state index contributed by atoms with van der Waals surface area (Å²) >= 11 is 0. The minimum Gasteiger partial charge on any atom is -0.378 e. The third kappa shape index (κ3) is 9.30. The Balaban J connectivity index is 1.77. The van der Waals surface area contributed by atoms with Gasteiger partial charge in [0, 0.05) is 19.5 Å². The number of amides is 1. The first-order chi connectivity index (χ1) is 18.8. The lowest BCUT2D eigenvalue weighted by Gasteiger charge is -2.43. The van der Waals surface area contributed by atoms with Crippen molar-refractivity contribution in [3.05, 3.63) is 11.6 Å². The Kier molecular flexibility index (Phi) is 13.3. The lowest BCUT2D eigenvalue weighted by atomic mass is 9.91. The van der Waals surface area contributed by atoms with Gasteiger partial charge in [-0.05, 0) is 58.2 Å². The van der Waals surface area contributed by atoms with Crippen LogP contribution in [0.4, 0.5) is 4.39 Å². The van der Waals surface area contributed by atoms with Gasteiger partial charge in [0.2, 0.25) is 5.91 Å².